The molecule has 1 heterocycles. The highest BCUT2D eigenvalue weighted by Gasteiger charge is 2.26. The Kier molecular flexibility index (Phi) is 6.24. The summed E-state index contributed by atoms with van der Waals surface area (Å²) in [5.41, 5.74) is 1.17. The van der Waals surface area contributed by atoms with Gasteiger partial charge in [0.05, 0.1) is 6.04 Å². The minimum atomic E-state index is -0.108. The molecule has 1 atom stereocenters. The van der Waals surface area contributed by atoms with Gasteiger partial charge in [0.2, 0.25) is 5.91 Å². The number of benzene rings is 1. The number of piperazine rings is 1. The Labute approximate surface area is 138 Å². The van der Waals surface area contributed by atoms with Crippen molar-refractivity contribution in [1.29, 1.82) is 0 Å². The van der Waals surface area contributed by atoms with Gasteiger partial charge in [0.1, 0.15) is 0 Å². The molecule has 122 valence electrons. The minimum absolute atomic E-state index is 0.108. The van der Waals surface area contributed by atoms with Crippen molar-refractivity contribution >= 4 is 17.5 Å². The fourth-order valence-corrected chi connectivity index (χ4v) is 2.88. The third kappa shape index (κ3) is 4.45. The molecule has 1 aliphatic rings. The predicted octanol–water partition coefficient (Wildman–Crippen LogP) is 2.32. The minimum Gasteiger partial charge on any atom is -0.339 e. The molecule has 1 fully saturated rings. The Morgan fingerprint density at radius 3 is 2.36 bits per heavy atom. The number of likely N-dealkylation sites (N-methyl/N-ethyl adjacent to an activating group) is 2. The van der Waals surface area contributed by atoms with E-state index in [0.29, 0.717) is 0 Å². The van der Waals surface area contributed by atoms with Gasteiger partial charge in [-0.05, 0) is 38.2 Å². The summed E-state index contributed by atoms with van der Waals surface area (Å²) in [7, 11) is 2.00. The second kappa shape index (κ2) is 7.95. The van der Waals surface area contributed by atoms with E-state index in [9.17, 15) is 4.79 Å². The van der Waals surface area contributed by atoms with Crippen LogP contribution in [-0.4, -0.2) is 66.4 Å². The molecule has 4 nitrogen and oxygen atoms in total. The number of carbonyl (C=O) groups is 1. The zero-order valence-corrected chi connectivity index (χ0v) is 14.5. The lowest BCUT2D eigenvalue weighted by Crippen LogP contribution is -2.53. The molecule has 5 heteroatoms. The van der Waals surface area contributed by atoms with Crippen LogP contribution in [0.1, 0.15) is 19.4 Å². The fraction of sp³-hybridized carbons (Fsp3) is 0.588. The summed E-state index contributed by atoms with van der Waals surface area (Å²) in [6.07, 6.45) is 0. The van der Waals surface area contributed by atoms with Gasteiger partial charge in [0.25, 0.3) is 0 Å². The number of nitrogens with zero attached hydrogens (tertiary/aromatic N) is 3. The molecule has 1 saturated heterocycles. The molecule has 0 spiro atoms. The van der Waals surface area contributed by atoms with E-state index in [1.807, 2.05) is 43.1 Å². The highest BCUT2D eigenvalue weighted by Crippen LogP contribution is 2.13. The number of halogens is 1. The first kappa shape index (κ1) is 17.3. The van der Waals surface area contributed by atoms with Crippen molar-refractivity contribution in [2.45, 2.75) is 26.4 Å². The van der Waals surface area contributed by atoms with Crippen LogP contribution in [0.15, 0.2) is 24.3 Å². The molecule has 2 rings (SSSR count). The number of hydrogen-bond acceptors (Lipinski definition) is 3. The van der Waals surface area contributed by atoms with Gasteiger partial charge in [0.15, 0.2) is 0 Å². The molecule has 1 amide bonds. The van der Waals surface area contributed by atoms with Crippen LogP contribution in [-0.2, 0) is 11.3 Å². The molecule has 1 aromatic rings. The molecule has 0 aliphatic carbocycles. The molecule has 0 aromatic heterocycles. The first-order chi connectivity index (χ1) is 10.5. The molecule has 0 bridgehead atoms. The molecular weight excluding hydrogens is 298 g/mol. The van der Waals surface area contributed by atoms with Gasteiger partial charge in [-0.1, -0.05) is 30.7 Å². The van der Waals surface area contributed by atoms with Gasteiger partial charge in [-0.3, -0.25) is 9.69 Å². The smallest absolute Gasteiger partial charge is 0.239 e. The van der Waals surface area contributed by atoms with Crippen LogP contribution in [0.5, 0.6) is 0 Å². The van der Waals surface area contributed by atoms with Crippen LogP contribution in [0, 0.1) is 0 Å². The highest BCUT2D eigenvalue weighted by molar-refractivity contribution is 6.30. The van der Waals surface area contributed by atoms with Gasteiger partial charge >= 0.3 is 0 Å². The first-order valence-corrected chi connectivity index (χ1v) is 8.35. The standard InChI is InChI=1S/C17H26ClN3O/c1-4-20-9-11-21(12-10-20)17(22)14(2)19(3)13-15-5-7-16(18)8-6-15/h5-8,14H,4,9-13H2,1-3H3. The topological polar surface area (TPSA) is 26.8 Å². The number of amides is 1. The second-order valence-electron chi connectivity index (χ2n) is 5.98. The van der Waals surface area contributed by atoms with E-state index < -0.39 is 0 Å². The molecule has 1 aromatic carbocycles. The van der Waals surface area contributed by atoms with Crippen molar-refractivity contribution in [3.63, 3.8) is 0 Å². The van der Waals surface area contributed by atoms with Crippen LogP contribution in [0.3, 0.4) is 0 Å². The molecule has 22 heavy (non-hydrogen) atoms. The summed E-state index contributed by atoms with van der Waals surface area (Å²) in [6.45, 7) is 9.61. The third-order valence-corrected chi connectivity index (χ3v) is 4.75. The SMILES string of the molecule is CCN1CCN(C(=O)C(C)N(C)Cc2ccc(Cl)cc2)CC1. The summed E-state index contributed by atoms with van der Waals surface area (Å²) >= 11 is 5.91. The average molecular weight is 324 g/mol. The average Bonchev–Trinajstić information content (AvgIpc) is 2.55. The molecule has 0 N–H and O–H groups in total. The van der Waals surface area contributed by atoms with Crippen molar-refractivity contribution in [3.05, 3.63) is 34.9 Å². The Balaban J connectivity index is 1.88. The lowest BCUT2D eigenvalue weighted by molar-refractivity contribution is -0.137. The van der Waals surface area contributed by atoms with Crippen molar-refractivity contribution in [2.75, 3.05) is 39.8 Å². The van der Waals surface area contributed by atoms with E-state index in [-0.39, 0.29) is 11.9 Å². The van der Waals surface area contributed by atoms with Gasteiger partial charge in [-0.25, -0.2) is 0 Å². The predicted molar refractivity (Wildman–Crippen MR) is 91.1 cm³/mol. The lowest BCUT2D eigenvalue weighted by Gasteiger charge is -2.37. The Morgan fingerprint density at radius 1 is 1.23 bits per heavy atom. The number of carbonyl (C=O) groups excluding carboxylic acids is 1. The van der Waals surface area contributed by atoms with E-state index in [2.05, 4.69) is 16.7 Å². The van der Waals surface area contributed by atoms with Gasteiger partial charge in [-0.15, -0.1) is 0 Å². The third-order valence-electron chi connectivity index (χ3n) is 4.49. The molecule has 0 radical (unpaired) electrons. The lowest BCUT2D eigenvalue weighted by atomic mass is 10.1. The zero-order chi connectivity index (χ0) is 16.1. The van der Waals surface area contributed by atoms with Crippen LogP contribution < -0.4 is 0 Å². The summed E-state index contributed by atoms with van der Waals surface area (Å²) in [4.78, 5) is 19.1. The van der Waals surface area contributed by atoms with Crippen LogP contribution in [0.25, 0.3) is 0 Å². The quantitative estimate of drug-likeness (QED) is 0.832. The summed E-state index contributed by atoms with van der Waals surface area (Å²) in [5, 5.41) is 0.740. The number of rotatable bonds is 5. The largest absolute Gasteiger partial charge is 0.339 e. The van der Waals surface area contributed by atoms with Crippen LogP contribution >= 0.6 is 11.6 Å². The maximum absolute atomic E-state index is 12.6. The summed E-state index contributed by atoms with van der Waals surface area (Å²) in [5.74, 6) is 0.229. The molecule has 1 unspecified atom stereocenters. The van der Waals surface area contributed by atoms with E-state index in [1.54, 1.807) is 0 Å². The zero-order valence-electron chi connectivity index (χ0n) is 13.8. The Hall–Kier alpha value is -1.10. The molecule has 0 saturated carbocycles. The summed E-state index contributed by atoms with van der Waals surface area (Å²) in [6, 6.07) is 7.69. The van der Waals surface area contributed by atoms with Gasteiger partial charge < -0.3 is 9.80 Å². The monoisotopic (exact) mass is 323 g/mol. The van der Waals surface area contributed by atoms with E-state index in [4.69, 9.17) is 11.6 Å². The van der Waals surface area contributed by atoms with Gasteiger partial charge in [0, 0.05) is 37.7 Å². The highest BCUT2D eigenvalue weighted by atomic mass is 35.5. The maximum Gasteiger partial charge on any atom is 0.239 e. The van der Waals surface area contributed by atoms with Crippen molar-refractivity contribution < 1.29 is 4.79 Å². The maximum atomic E-state index is 12.6. The fourth-order valence-electron chi connectivity index (χ4n) is 2.75. The Morgan fingerprint density at radius 2 is 1.82 bits per heavy atom. The van der Waals surface area contributed by atoms with E-state index >= 15 is 0 Å². The summed E-state index contributed by atoms with van der Waals surface area (Å²) < 4.78 is 0. The first-order valence-electron chi connectivity index (χ1n) is 7.97. The normalized spacial score (nSPS) is 17.8. The van der Waals surface area contributed by atoms with Crippen molar-refractivity contribution in [3.8, 4) is 0 Å². The van der Waals surface area contributed by atoms with Crippen molar-refractivity contribution in [2.24, 2.45) is 0 Å². The number of hydrogen-bond donors (Lipinski definition) is 0. The second-order valence-corrected chi connectivity index (χ2v) is 6.41. The molecular formula is C17H26ClN3O. The Bertz CT molecular complexity index is 483. The molecule has 1 aliphatic heterocycles. The van der Waals surface area contributed by atoms with Gasteiger partial charge in [-0.2, -0.15) is 0 Å². The van der Waals surface area contributed by atoms with Crippen molar-refractivity contribution in [1.82, 2.24) is 14.7 Å². The van der Waals surface area contributed by atoms with Crippen LogP contribution in [0.2, 0.25) is 5.02 Å². The van der Waals surface area contributed by atoms with Crippen LogP contribution in [0.4, 0.5) is 0 Å². The van der Waals surface area contributed by atoms with E-state index in [1.165, 1.54) is 5.56 Å². The van der Waals surface area contributed by atoms with E-state index in [0.717, 1.165) is 44.3 Å².